The smallest absolute Gasteiger partial charge is 0.308 e. The van der Waals surface area contributed by atoms with Gasteiger partial charge in [0, 0.05) is 6.04 Å². The van der Waals surface area contributed by atoms with Crippen molar-refractivity contribution in [3.05, 3.63) is 33.1 Å². The zero-order valence-corrected chi connectivity index (χ0v) is 11.8. The Labute approximate surface area is 125 Å². The van der Waals surface area contributed by atoms with Crippen LogP contribution in [-0.4, -0.2) is 22.0 Å². The van der Waals surface area contributed by atoms with Crippen LogP contribution in [0.15, 0.2) is 12.1 Å². The molecule has 2 unspecified atom stereocenters. The van der Waals surface area contributed by atoms with Crippen molar-refractivity contribution in [3.8, 4) is 0 Å². The van der Waals surface area contributed by atoms with Crippen molar-refractivity contribution in [3.63, 3.8) is 0 Å². The number of carbonyl (C=O) groups is 1. The molecule has 8 heteroatoms. The highest BCUT2D eigenvalue weighted by Gasteiger charge is 2.32. The van der Waals surface area contributed by atoms with Gasteiger partial charge in [-0.2, -0.15) is 0 Å². The Morgan fingerprint density at radius 3 is 2.71 bits per heavy atom. The van der Waals surface area contributed by atoms with Gasteiger partial charge in [-0.1, -0.05) is 24.4 Å². The minimum Gasteiger partial charge on any atom is -0.481 e. The Balaban J connectivity index is 2.31. The second-order valence-corrected chi connectivity index (χ2v) is 5.43. The van der Waals surface area contributed by atoms with E-state index < -0.39 is 34.4 Å². The second kappa shape index (κ2) is 6.26. The number of carboxylic acid groups (broad SMARTS) is 1. The highest BCUT2D eigenvalue weighted by atomic mass is 35.5. The first-order chi connectivity index (χ1) is 9.90. The van der Waals surface area contributed by atoms with Crippen LogP contribution in [0.5, 0.6) is 0 Å². The van der Waals surface area contributed by atoms with E-state index in [1.54, 1.807) is 0 Å². The lowest BCUT2D eigenvalue weighted by atomic mass is 9.84. The predicted octanol–water partition coefficient (Wildman–Crippen LogP) is 3.44. The topological polar surface area (TPSA) is 92.5 Å². The summed E-state index contributed by atoms with van der Waals surface area (Å²) < 4.78 is 13.3. The third kappa shape index (κ3) is 3.41. The van der Waals surface area contributed by atoms with Gasteiger partial charge in [0.25, 0.3) is 5.69 Å². The molecule has 21 heavy (non-hydrogen) atoms. The molecule has 0 heterocycles. The number of hydrogen-bond acceptors (Lipinski definition) is 4. The summed E-state index contributed by atoms with van der Waals surface area (Å²) in [6, 6.07) is 1.43. The van der Waals surface area contributed by atoms with E-state index in [0.29, 0.717) is 12.8 Å². The van der Waals surface area contributed by atoms with Gasteiger partial charge in [0.05, 0.1) is 21.9 Å². The summed E-state index contributed by atoms with van der Waals surface area (Å²) in [5, 5.41) is 22.8. The molecule has 0 aliphatic heterocycles. The van der Waals surface area contributed by atoms with Crippen molar-refractivity contribution in [1.29, 1.82) is 0 Å². The molecule has 0 amide bonds. The number of nitrogens with one attached hydrogen (secondary N) is 1. The molecule has 2 rings (SSSR count). The molecular formula is C13H14ClFN2O4. The van der Waals surface area contributed by atoms with E-state index in [0.717, 1.165) is 25.0 Å². The van der Waals surface area contributed by atoms with Crippen LogP contribution in [-0.2, 0) is 4.79 Å². The summed E-state index contributed by atoms with van der Waals surface area (Å²) >= 11 is 5.65. The van der Waals surface area contributed by atoms with Gasteiger partial charge in [0.15, 0.2) is 0 Å². The molecule has 1 fully saturated rings. The van der Waals surface area contributed by atoms with Crippen molar-refractivity contribution in [1.82, 2.24) is 0 Å². The van der Waals surface area contributed by atoms with Gasteiger partial charge in [0.1, 0.15) is 11.5 Å². The fraction of sp³-hybridized carbons (Fsp3) is 0.462. The maximum absolute atomic E-state index is 13.3. The van der Waals surface area contributed by atoms with Crippen molar-refractivity contribution >= 4 is 28.9 Å². The van der Waals surface area contributed by atoms with Gasteiger partial charge in [-0.3, -0.25) is 14.9 Å². The number of nitrogens with zero attached hydrogens (tertiary/aromatic N) is 1. The number of nitro benzene ring substituents is 1. The standard InChI is InChI=1S/C13H14ClFN2O4/c14-8-5-11(12(17(20)21)6-9(8)15)16-10-4-2-1-3-7(10)13(18)19/h5-7,10,16H,1-4H2,(H,18,19). The normalized spacial score (nSPS) is 21.8. The molecule has 2 N–H and O–H groups in total. The Morgan fingerprint density at radius 2 is 2.10 bits per heavy atom. The van der Waals surface area contributed by atoms with Gasteiger partial charge in [0.2, 0.25) is 0 Å². The Morgan fingerprint density at radius 1 is 1.43 bits per heavy atom. The average molecular weight is 317 g/mol. The number of anilines is 1. The second-order valence-electron chi connectivity index (χ2n) is 5.02. The fourth-order valence-electron chi connectivity index (χ4n) is 2.60. The Kier molecular flexibility index (Phi) is 4.62. The summed E-state index contributed by atoms with van der Waals surface area (Å²) in [5.41, 5.74) is -0.406. The zero-order chi connectivity index (χ0) is 15.6. The third-order valence-corrected chi connectivity index (χ3v) is 3.95. The summed E-state index contributed by atoms with van der Waals surface area (Å²) in [6.07, 6.45) is 2.74. The number of carboxylic acids is 1. The summed E-state index contributed by atoms with van der Waals surface area (Å²) in [6.45, 7) is 0. The molecule has 1 aromatic carbocycles. The lowest BCUT2D eigenvalue weighted by molar-refractivity contribution is -0.384. The number of rotatable bonds is 4. The van der Waals surface area contributed by atoms with Gasteiger partial charge in [-0.25, -0.2) is 4.39 Å². The van der Waals surface area contributed by atoms with Crippen LogP contribution in [0.2, 0.25) is 5.02 Å². The molecule has 0 radical (unpaired) electrons. The summed E-state index contributed by atoms with van der Waals surface area (Å²) in [4.78, 5) is 21.5. The zero-order valence-electron chi connectivity index (χ0n) is 11.0. The van der Waals surface area contributed by atoms with E-state index in [1.165, 1.54) is 0 Å². The number of benzene rings is 1. The molecule has 0 aromatic heterocycles. The van der Waals surface area contributed by atoms with Crippen LogP contribution < -0.4 is 5.32 Å². The van der Waals surface area contributed by atoms with Gasteiger partial charge < -0.3 is 10.4 Å². The van der Waals surface area contributed by atoms with Crippen molar-refractivity contribution in [2.24, 2.45) is 5.92 Å². The molecule has 1 aliphatic rings. The van der Waals surface area contributed by atoms with E-state index in [9.17, 15) is 24.4 Å². The van der Waals surface area contributed by atoms with E-state index in [1.807, 2.05) is 0 Å². The first kappa shape index (κ1) is 15.5. The minimum absolute atomic E-state index is 0.0459. The van der Waals surface area contributed by atoms with Crippen LogP contribution in [0.25, 0.3) is 0 Å². The van der Waals surface area contributed by atoms with Crippen LogP contribution in [0, 0.1) is 21.8 Å². The molecular weight excluding hydrogens is 303 g/mol. The SMILES string of the molecule is O=C(O)C1CCCCC1Nc1cc(Cl)c(F)cc1[N+](=O)[O-]. The predicted molar refractivity (Wildman–Crippen MR) is 75.1 cm³/mol. The quantitative estimate of drug-likeness (QED) is 0.655. The highest BCUT2D eigenvalue weighted by Crippen LogP contribution is 2.34. The monoisotopic (exact) mass is 316 g/mol. The Hall–Kier alpha value is -1.89. The molecule has 1 saturated carbocycles. The van der Waals surface area contributed by atoms with Crippen LogP contribution >= 0.6 is 11.6 Å². The van der Waals surface area contributed by atoms with E-state index in [2.05, 4.69) is 5.32 Å². The summed E-state index contributed by atoms with van der Waals surface area (Å²) in [7, 11) is 0. The average Bonchev–Trinajstić information content (AvgIpc) is 2.42. The number of hydrogen-bond donors (Lipinski definition) is 2. The first-order valence-electron chi connectivity index (χ1n) is 6.53. The molecule has 0 saturated heterocycles. The number of halogens is 2. The highest BCUT2D eigenvalue weighted by molar-refractivity contribution is 6.31. The number of nitro groups is 1. The third-order valence-electron chi connectivity index (χ3n) is 3.66. The molecule has 1 aliphatic carbocycles. The van der Waals surface area contributed by atoms with Gasteiger partial charge in [-0.15, -0.1) is 0 Å². The largest absolute Gasteiger partial charge is 0.481 e. The van der Waals surface area contributed by atoms with Crippen molar-refractivity contribution in [2.75, 3.05) is 5.32 Å². The molecule has 1 aromatic rings. The first-order valence-corrected chi connectivity index (χ1v) is 6.90. The van der Waals surface area contributed by atoms with Crippen LogP contribution in [0.1, 0.15) is 25.7 Å². The lowest BCUT2D eigenvalue weighted by Crippen LogP contribution is -2.37. The van der Waals surface area contributed by atoms with Crippen LogP contribution in [0.3, 0.4) is 0 Å². The molecule has 114 valence electrons. The maximum atomic E-state index is 13.3. The molecule has 6 nitrogen and oxygen atoms in total. The molecule has 2 atom stereocenters. The van der Waals surface area contributed by atoms with Crippen LogP contribution in [0.4, 0.5) is 15.8 Å². The fourth-order valence-corrected chi connectivity index (χ4v) is 2.77. The van der Waals surface area contributed by atoms with Crippen molar-refractivity contribution < 1.29 is 19.2 Å². The van der Waals surface area contributed by atoms with Gasteiger partial charge >= 0.3 is 5.97 Å². The van der Waals surface area contributed by atoms with E-state index in [4.69, 9.17) is 11.6 Å². The van der Waals surface area contributed by atoms with E-state index in [-0.39, 0.29) is 10.7 Å². The molecule has 0 spiro atoms. The van der Waals surface area contributed by atoms with E-state index >= 15 is 0 Å². The summed E-state index contributed by atoms with van der Waals surface area (Å²) in [5.74, 6) is -2.45. The van der Waals surface area contributed by atoms with Gasteiger partial charge in [-0.05, 0) is 18.9 Å². The maximum Gasteiger partial charge on any atom is 0.308 e. The molecule has 0 bridgehead atoms. The Bertz CT molecular complexity index is 582. The minimum atomic E-state index is -0.942. The van der Waals surface area contributed by atoms with Crippen molar-refractivity contribution in [2.45, 2.75) is 31.7 Å². The lowest BCUT2D eigenvalue weighted by Gasteiger charge is -2.29. The number of aliphatic carboxylic acids is 1.